The van der Waals surface area contributed by atoms with Gasteiger partial charge in [0.2, 0.25) is 0 Å². The number of hydrogen-bond donors (Lipinski definition) is 1. The average Bonchev–Trinajstić information content (AvgIpc) is 2.41. The molecule has 0 heterocycles. The number of phenols is 1. The quantitative estimate of drug-likeness (QED) is 0.902. The Morgan fingerprint density at radius 2 is 2.00 bits per heavy atom. The third kappa shape index (κ3) is 3.32. The number of phenolic OH excluding ortho intramolecular Hbond substituents is 1. The molecule has 0 aliphatic carbocycles. The highest BCUT2D eigenvalue weighted by atomic mass is 79.9. The van der Waals surface area contributed by atoms with E-state index in [0.29, 0.717) is 21.6 Å². The lowest BCUT2D eigenvalue weighted by molar-refractivity contribution is 0.0785. The number of hydrogen-bond acceptors (Lipinski definition) is 2. The Hall–Kier alpha value is -1.52. The number of halogens is 2. The third-order valence-electron chi connectivity index (χ3n) is 2.86. The summed E-state index contributed by atoms with van der Waals surface area (Å²) < 4.78 is 0.691. The van der Waals surface area contributed by atoms with Crippen molar-refractivity contribution in [3.8, 4) is 5.75 Å². The van der Waals surface area contributed by atoms with Crippen LogP contribution < -0.4 is 0 Å². The molecule has 0 unspecified atom stereocenters. The van der Waals surface area contributed by atoms with Gasteiger partial charge in [0.15, 0.2) is 0 Å². The minimum atomic E-state index is -0.167. The molecule has 3 nitrogen and oxygen atoms in total. The maximum atomic E-state index is 12.4. The van der Waals surface area contributed by atoms with Gasteiger partial charge in [-0.15, -0.1) is 0 Å². The van der Waals surface area contributed by atoms with Gasteiger partial charge in [-0.3, -0.25) is 4.79 Å². The van der Waals surface area contributed by atoms with Gasteiger partial charge in [-0.05, 0) is 45.8 Å². The maximum absolute atomic E-state index is 12.4. The highest BCUT2D eigenvalue weighted by Gasteiger charge is 2.16. The van der Waals surface area contributed by atoms with Crippen LogP contribution in [0.5, 0.6) is 5.75 Å². The second-order valence-corrected chi connectivity index (χ2v) is 5.66. The van der Waals surface area contributed by atoms with E-state index in [-0.39, 0.29) is 11.7 Å². The summed E-state index contributed by atoms with van der Waals surface area (Å²) in [6.07, 6.45) is 0. The van der Waals surface area contributed by atoms with Crippen LogP contribution in [0.3, 0.4) is 0 Å². The van der Waals surface area contributed by atoms with E-state index in [4.69, 9.17) is 11.6 Å². The zero-order valence-electron chi connectivity index (χ0n) is 10.8. The normalized spacial score (nSPS) is 10.3. The van der Waals surface area contributed by atoms with E-state index in [1.54, 1.807) is 48.3 Å². The summed E-state index contributed by atoms with van der Waals surface area (Å²) >= 11 is 9.43. The molecule has 0 spiro atoms. The van der Waals surface area contributed by atoms with Crippen LogP contribution >= 0.6 is 27.5 Å². The fourth-order valence-corrected chi connectivity index (χ4v) is 2.45. The molecule has 20 heavy (non-hydrogen) atoms. The predicted molar refractivity (Wildman–Crippen MR) is 83.1 cm³/mol. The first-order valence-corrected chi connectivity index (χ1v) is 7.13. The number of amides is 1. The smallest absolute Gasteiger partial charge is 0.255 e. The van der Waals surface area contributed by atoms with Crippen LogP contribution in [0.4, 0.5) is 0 Å². The maximum Gasteiger partial charge on any atom is 0.255 e. The molecule has 2 rings (SSSR count). The van der Waals surface area contributed by atoms with Crippen LogP contribution in [0.2, 0.25) is 5.02 Å². The summed E-state index contributed by atoms with van der Waals surface area (Å²) in [5.41, 5.74) is 1.30. The molecule has 0 saturated heterocycles. The Kier molecular flexibility index (Phi) is 4.68. The van der Waals surface area contributed by atoms with E-state index in [1.807, 2.05) is 6.07 Å². The fraction of sp³-hybridized carbons (Fsp3) is 0.133. The van der Waals surface area contributed by atoms with Crippen LogP contribution in [0.25, 0.3) is 0 Å². The second-order valence-electron chi connectivity index (χ2n) is 4.43. The molecule has 0 atom stereocenters. The van der Waals surface area contributed by atoms with E-state index in [1.165, 1.54) is 0 Å². The van der Waals surface area contributed by atoms with E-state index in [9.17, 15) is 9.90 Å². The largest absolute Gasteiger partial charge is 0.508 e. The number of rotatable bonds is 3. The highest BCUT2D eigenvalue weighted by Crippen LogP contribution is 2.27. The van der Waals surface area contributed by atoms with Crippen molar-refractivity contribution in [2.75, 3.05) is 7.05 Å². The van der Waals surface area contributed by atoms with Crippen LogP contribution in [-0.4, -0.2) is 23.0 Å². The first-order chi connectivity index (χ1) is 9.49. The Labute approximate surface area is 130 Å². The molecular weight excluding hydrogens is 342 g/mol. The average molecular weight is 355 g/mol. The lowest BCUT2D eigenvalue weighted by atomic mass is 10.1. The van der Waals surface area contributed by atoms with Gasteiger partial charge in [0.25, 0.3) is 5.91 Å². The van der Waals surface area contributed by atoms with E-state index < -0.39 is 0 Å². The monoisotopic (exact) mass is 353 g/mol. The zero-order chi connectivity index (χ0) is 14.7. The summed E-state index contributed by atoms with van der Waals surface area (Å²) in [7, 11) is 1.70. The van der Waals surface area contributed by atoms with Crippen molar-refractivity contribution in [2.24, 2.45) is 0 Å². The minimum absolute atomic E-state index is 0.167. The second kappa shape index (κ2) is 6.29. The van der Waals surface area contributed by atoms with Crippen molar-refractivity contribution in [2.45, 2.75) is 6.54 Å². The Balaban J connectivity index is 2.19. The minimum Gasteiger partial charge on any atom is -0.508 e. The topological polar surface area (TPSA) is 40.5 Å². The molecule has 0 aromatic heterocycles. The van der Waals surface area contributed by atoms with Gasteiger partial charge >= 0.3 is 0 Å². The standard InChI is InChI=1S/C15H13BrClNO2/c1-18(9-10-4-2-5-11(19)8-10)15(20)12-6-3-7-13(16)14(12)17/h2-8,19H,9H2,1H3. The van der Waals surface area contributed by atoms with Crippen molar-refractivity contribution in [1.29, 1.82) is 0 Å². The highest BCUT2D eigenvalue weighted by molar-refractivity contribution is 9.10. The first kappa shape index (κ1) is 14.9. The Morgan fingerprint density at radius 1 is 1.30 bits per heavy atom. The fourth-order valence-electron chi connectivity index (χ4n) is 1.88. The molecule has 2 aromatic rings. The summed E-state index contributed by atoms with van der Waals surface area (Å²) in [5, 5.41) is 9.83. The van der Waals surface area contributed by atoms with E-state index in [0.717, 1.165) is 5.56 Å². The molecule has 0 fully saturated rings. The number of benzene rings is 2. The van der Waals surface area contributed by atoms with Gasteiger partial charge in [0, 0.05) is 18.1 Å². The molecule has 2 aromatic carbocycles. The van der Waals surface area contributed by atoms with E-state index >= 15 is 0 Å². The van der Waals surface area contributed by atoms with Crippen molar-refractivity contribution < 1.29 is 9.90 Å². The summed E-state index contributed by atoms with van der Waals surface area (Å²) in [6.45, 7) is 0.399. The van der Waals surface area contributed by atoms with Crippen molar-refractivity contribution in [3.63, 3.8) is 0 Å². The number of carbonyl (C=O) groups is 1. The lowest BCUT2D eigenvalue weighted by Crippen LogP contribution is -2.26. The SMILES string of the molecule is CN(Cc1cccc(O)c1)C(=O)c1cccc(Br)c1Cl. The Bertz CT molecular complexity index is 646. The number of nitrogens with zero attached hydrogens (tertiary/aromatic N) is 1. The van der Waals surface area contributed by atoms with Gasteiger partial charge in [0.05, 0.1) is 10.6 Å². The van der Waals surface area contributed by atoms with Crippen molar-refractivity contribution in [3.05, 3.63) is 63.1 Å². The summed E-state index contributed by atoms with van der Waals surface area (Å²) in [6, 6.07) is 12.1. The van der Waals surface area contributed by atoms with Crippen molar-refractivity contribution >= 4 is 33.4 Å². The van der Waals surface area contributed by atoms with Gasteiger partial charge in [0.1, 0.15) is 5.75 Å². The summed E-state index contributed by atoms with van der Waals surface area (Å²) in [4.78, 5) is 13.9. The third-order valence-corrected chi connectivity index (χ3v) is 4.16. The summed E-state index contributed by atoms with van der Waals surface area (Å²) in [5.74, 6) is 0.0171. The lowest BCUT2D eigenvalue weighted by Gasteiger charge is -2.18. The molecule has 5 heteroatoms. The first-order valence-electron chi connectivity index (χ1n) is 5.96. The molecule has 0 aliphatic rings. The predicted octanol–water partition coefficient (Wildman–Crippen LogP) is 4.08. The molecule has 1 amide bonds. The number of carbonyl (C=O) groups excluding carboxylic acids is 1. The number of aromatic hydroxyl groups is 1. The molecule has 0 bridgehead atoms. The van der Waals surface area contributed by atoms with E-state index in [2.05, 4.69) is 15.9 Å². The van der Waals surface area contributed by atoms with Gasteiger partial charge in [-0.2, -0.15) is 0 Å². The van der Waals surface area contributed by atoms with Crippen LogP contribution in [0.15, 0.2) is 46.9 Å². The molecule has 0 aliphatic heterocycles. The Morgan fingerprint density at radius 3 is 2.70 bits per heavy atom. The molecular formula is C15H13BrClNO2. The van der Waals surface area contributed by atoms with Gasteiger partial charge in [-0.25, -0.2) is 0 Å². The van der Waals surface area contributed by atoms with Gasteiger partial charge < -0.3 is 10.0 Å². The molecule has 1 N–H and O–H groups in total. The van der Waals surface area contributed by atoms with Crippen LogP contribution in [0.1, 0.15) is 15.9 Å². The molecule has 0 radical (unpaired) electrons. The zero-order valence-corrected chi connectivity index (χ0v) is 13.1. The molecule has 104 valence electrons. The van der Waals surface area contributed by atoms with Gasteiger partial charge in [-0.1, -0.05) is 29.8 Å². The van der Waals surface area contributed by atoms with Crippen molar-refractivity contribution in [1.82, 2.24) is 4.90 Å². The van der Waals surface area contributed by atoms with Crippen LogP contribution in [0, 0.1) is 0 Å². The van der Waals surface area contributed by atoms with Crippen LogP contribution in [-0.2, 0) is 6.54 Å². The molecule has 0 saturated carbocycles.